The zero-order valence-electron chi connectivity index (χ0n) is 17.0. The molecule has 12 heteroatoms. The summed E-state index contributed by atoms with van der Waals surface area (Å²) in [7, 11) is 1.50. The molecule has 0 radical (unpaired) electrons. The minimum Gasteiger partial charge on any atom is -0.467 e. The molecule has 5 heterocycles. The number of imidazole rings is 1. The second-order valence-corrected chi connectivity index (χ2v) is 7.45. The van der Waals surface area contributed by atoms with Gasteiger partial charge in [-0.3, -0.25) is 9.08 Å². The Bertz CT molecular complexity index is 1350. The molecular formula is C20H17N9O3. The summed E-state index contributed by atoms with van der Waals surface area (Å²) < 4.78 is 8.51. The number of rotatable bonds is 5. The van der Waals surface area contributed by atoms with Crippen LogP contribution in [0.5, 0.6) is 6.01 Å². The standard InChI is InChI=1S/C20H17N9O3/c1-32-18-23-7-13(8-24-18)15-6-16-22-4-5-28(16)17(26-15)14-9-25-29(10-14)20(2-3-21)11-27(12-20)19(30)31/h4-10H,2,11-12H2,1H3,(H,30,31). The highest BCUT2D eigenvalue weighted by atomic mass is 16.5. The summed E-state index contributed by atoms with van der Waals surface area (Å²) in [5.41, 5.74) is 2.01. The first-order valence-corrected chi connectivity index (χ1v) is 9.64. The van der Waals surface area contributed by atoms with Crippen LogP contribution in [0.15, 0.2) is 43.2 Å². The third-order valence-electron chi connectivity index (χ3n) is 5.47. The number of amides is 1. The topological polar surface area (TPSA) is 147 Å². The van der Waals surface area contributed by atoms with E-state index in [1.54, 1.807) is 41.9 Å². The summed E-state index contributed by atoms with van der Waals surface area (Å²) in [5, 5.41) is 22.9. The molecule has 32 heavy (non-hydrogen) atoms. The normalized spacial score (nSPS) is 14.7. The van der Waals surface area contributed by atoms with Crippen molar-refractivity contribution in [1.29, 1.82) is 5.26 Å². The van der Waals surface area contributed by atoms with Gasteiger partial charge in [-0.1, -0.05) is 0 Å². The van der Waals surface area contributed by atoms with Crippen LogP contribution in [0, 0.1) is 11.3 Å². The molecule has 0 aromatic carbocycles. The summed E-state index contributed by atoms with van der Waals surface area (Å²) in [5.74, 6) is 0.596. The van der Waals surface area contributed by atoms with E-state index in [2.05, 4.69) is 26.1 Å². The highest BCUT2D eigenvalue weighted by Crippen LogP contribution is 2.33. The monoisotopic (exact) mass is 431 g/mol. The van der Waals surface area contributed by atoms with Crippen molar-refractivity contribution in [2.24, 2.45) is 0 Å². The Morgan fingerprint density at radius 3 is 2.72 bits per heavy atom. The molecule has 12 nitrogen and oxygen atoms in total. The molecular weight excluding hydrogens is 414 g/mol. The van der Waals surface area contributed by atoms with Gasteiger partial charge in [0, 0.05) is 42.6 Å². The fraction of sp³-hybridized carbons (Fsp3) is 0.250. The highest BCUT2D eigenvalue weighted by molar-refractivity contribution is 5.68. The third kappa shape index (κ3) is 3.07. The number of nitrogens with zero attached hydrogens (tertiary/aromatic N) is 9. The van der Waals surface area contributed by atoms with E-state index >= 15 is 0 Å². The molecule has 1 N–H and O–H groups in total. The Kier molecular flexibility index (Phi) is 4.44. The number of fused-ring (bicyclic) bond motifs is 1. The Balaban J connectivity index is 1.55. The van der Waals surface area contributed by atoms with Crippen LogP contribution in [0.25, 0.3) is 28.3 Å². The number of hydrogen-bond donors (Lipinski definition) is 1. The van der Waals surface area contributed by atoms with Crippen LogP contribution < -0.4 is 4.74 Å². The lowest BCUT2D eigenvalue weighted by Gasteiger charge is -2.47. The van der Waals surface area contributed by atoms with Gasteiger partial charge in [0.05, 0.1) is 50.1 Å². The first kappa shape index (κ1) is 19.4. The smallest absolute Gasteiger partial charge is 0.407 e. The van der Waals surface area contributed by atoms with Gasteiger partial charge in [-0.25, -0.2) is 24.7 Å². The molecule has 1 saturated heterocycles. The molecule has 0 aliphatic carbocycles. The molecule has 0 unspecified atom stereocenters. The molecule has 1 amide bonds. The fourth-order valence-electron chi connectivity index (χ4n) is 3.81. The number of hydrogen-bond acceptors (Lipinski definition) is 8. The second-order valence-electron chi connectivity index (χ2n) is 7.45. The van der Waals surface area contributed by atoms with E-state index < -0.39 is 11.6 Å². The Morgan fingerprint density at radius 1 is 1.25 bits per heavy atom. The molecule has 1 aliphatic rings. The van der Waals surface area contributed by atoms with Crippen LogP contribution in [0.3, 0.4) is 0 Å². The van der Waals surface area contributed by atoms with Crippen LogP contribution in [0.2, 0.25) is 0 Å². The Morgan fingerprint density at radius 2 is 2.03 bits per heavy atom. The van der Waals surface area contributed by atoms with Gasteiger partial charge in [0.2, 0.25) is 0 Å². The molecule has 5 rings (SSSR count). The van der Waals surface area contributed by atoms with Gasteiger partial charge < -0.3 is 14.7 Å². The molecule has 0 atom stereocenters. The minimum atomic E-state index is -1.01. The van der Waals surface area contributed by atoms with Gasteiger partial charge in [-0.15, -0.1) is 0 Å². The van der Waals surface area contributed by atoms with E-state index in [4.69, 9.17) is 9.72 Å². The van der Waals surface area contributed by atoms with Gasteiger partial charge >= 0.3 is 12.1 Å². The summed E-state index contributed by atoms with van der Waals surface area (Å²) in [4.78, 5) is 29.9. The van der Waals surface area contributed by atoms with E-state index in [-0.39, 0.29) is 25.5 Å². The van der Waals surface area contributed by atoms with Gasteiger partial charge in [-0.05, 0) is 0 Å². The Labute approximate surface area is 181 Å². The predicted octanol–water partition coefficient (Wildman–Crippen LogP) is 1.66. The largest absolute Gasteiger partial charge is 0.467 e. The average molecular weight is 431 g/mol. The van der Waals surface area contributed by atoms with E-state index in [1.807, 2.05) is 10.5 Å². The lowest BCUT2D eigenvalue weighted by molar-refractivity contribution is 0.0139. The van der Waals surface area contributed by atoms with Gasteiger partial charge in [0.25, 0.3) is 0 Å². The Hall–Kier alpha value is -4.53. The van der Waals surface area contributed by atoms with Crippen molar-refractivity contribution in [3.63, 3.8) is 0 Å². The van der Waals surface area contributed by atoms with Crippen molar-refractivity contribution in [1.82, 2.24) is 39.0 Å². The van der Waals surface area contributed by atoms with Crippen LogP contribution >= 0.6 is 0 Å². The predicted molar refractivity (Wildman–Crippen MR) is 110 cm³/mol. The van der Waals surface area contributed by atoms with Gasteiger partial charge in [-0.2, -0.15) is 10.4 Å². The molecule has 0 saturated carbocycles. The minimum absolute atomic E-state index is 0.148. The van der Waals surface area contributed by atoms with Crippen LogP contribution in [-0.4, -0.2) is 70.4 Å². The summed E-state index contributed by atoms with van der Waals surface area (Å²) in [6.45, 7) is 0.405. The molecule has 4 aromatic heterocycles. The summed E-state index contributed by atoms with van der Waals surface area (Å²) in [6, 6.07) is 4.23. The number of aromatic nitrogens is 7. The number of methoxy groups -OCH3 is 1. The number of nitriles is 1. The zero-order chi connectivity index (χ0) is 22.3. The first-order chi connectivity index (χ1) is 15.5. The zero-order valence-corrected chi connectivity index (χ0v) is 17.0. The van der Waals surface area contributed by atoms with Crippen molar-refractivity contribution in [3.05, 3.63) is 43.2 Å². The number of carbonyl (C=O) groups is 1. The third-order valence-corrected chi connectivity index (χ3v) is 5.47. The number of carboxylic acid groups (broad SMARTS) is 1. The van der Waals surface area contributed by atoms with E-state index in [0.29, 0.717) is 28.3 Å². The first-order valence-electron chi connectivity index (χ1n) is 9.64. The van der Waals surface area contributed by atoms with E-state index in [9.17, 15) is 15.2 Å². The van der Waals surface area contributed by atoms with Crippen LogP contribution in [-0.2, 0) is 5.54 Å². The summed E-state index contributed by atoms with van der Waals surface area (Å²) >= 11 is 0. The molecule has 160 valence electrons. The lowest BCUT2D eigenvalue weighted by Crippen LogP contribution is -2.64. The van der Waals surface area contributed by atoms with Gasteiger partial charge in [0.1, 0.15) is 17.0 Å². The maximum atomic E-state index is 11.2. The number of likely N-dealkylation sites (tertiary alicyclic amines) is 1. The highest BCUT2D eigenvalue weighted by Gasteiger charge is 2.47. The summed E-state index contributed by atoms with van der Waals surface area (Å²) in [6.07, 6.45) is 9.29. The van der Waals surface area contributed by atoms with Crippen molar-refractivity contribution in [3.8, 4) is 34.7 Å². The van der Waals surface area contributed by atoms with E-state index in [0.717, 1.165) is 0 Å². The van der Waals surface area contributed by atoms with Crippen LogP contribution in [0.4, 0.5) is 4.79 Å². The lowest BCUT2D eigenvalue weighted by atomic mass is 9.87. The average Bonchev–Trinajstić information content (AvgIpc) is 3.45. The quantitative estimate of drug-likeness (QED) is 0.498. The SMILES string of the molecule is COc1ncc(-c2cc3nccn3c(-c3cnn(C4(CC#N)CN(C(=O)O)C4)c3)n2)cn1. The van der Waals surface area contributed by atoms with Crippen LogP contribution in [0.1, 0.15) is 6.42 Å². The molecule has 0 bridgehead atoms. The van der Waals surface area contributed by atoms with Crippen molar-refractivity contribution in [2.45, 2.75) is 12.0 Å². The molecule has 0 spiro atoms. The molecule has 1 aliphatic heterocycles. The maximum Gasteiger partial charge on any atom is 0.407 e. The van der Waals surface area contributed by atoms with Gasteiger partial charge in [0.15, 0.2) is 0 Å². The maximum absolute atomic E-state index is 11.2. The van der Waals surface area contributed by atoms with Crippen molar-refractivity contribution < 1.29 is 14.6 Å². The molecule has 4 aromatic rings. The van der Waals surface area contributed by atoms with E-state index in [1.165, 1.54) is 12.0 Å². The molecule has 1 fully saturated rings. The number of ether oxygens (including phenoxy) is 1. The fourth-order valence-corrected chi connectivity index (χ4v) is 3.81. The van der Waals surface area contributed by atoms with Crippen molar-refractivity contribution >= 4 is 11.7 Å². The second kappa shape index (κ2) is 7.31. The van der Waals surface area contributed by atoms with Crippen molar-refractivity contribution in [2.75, 3.05) is 20.2 Å².